The van der Waals surface area contributed by atoms with Crippen LogP contribution < -0.4 is 14.8 Å². The van der Waals surface area contributed by atoms with Crippen LogP contribution in [0.4, 0.5) is 4.79 Å². The minimum absolute atomic E-state index is 0.0165. The van der Waals surface area contributed by atoms with Crippen molar-refractivity contribution in [2.45, 2.75) is 43.6 Å². The van der Waals surface area contributed by atoms with E-state index in [2.05, 4.69) is 29.6 Å². The lowest BCUT2D eigenvalue weighted by Gasteiger charge is -2.38. The van der Waals surface area contributed by atoms with Crippen molar-refractivity contribution in [2.75, 3.05) is 27.4 Å². The molecular formula is C24H29NO5. The third kappa shape index (κ3) is 3.72. The lowest BCUT2D eigenvalue weighted by molar-refractivity contribution is 0.114. The lowest BCUT2D eigenvalue weighted by atomic mass is 9.68. The molecule has 0 radical (unpaired) electrons. The van der Waals surface area contributed by atoms with E-state index in [0.717, 1.165) is 36.1 Å². The number of carbonyl (C=O) groups is 1. The van der Waals surface area contributed by atoms with Crippen molar-refractivity contribution in [2.24, 2.45) is 0 Å². The summed E-state index contributed by atoms with van der Waals surface area (Å²) in [5.41, 5.74) is 4.79. The number of aliphatic hydroxyl groups is 1. The Morgan fingerprint density at radius 1 is 1.17 bits per heavy atom. The van der Waals surface area contributed by atoms with Crippen molar-refractivity contribution in [3.05, 3.63) is 58.7 Å². The van der Waals surface area contributed by atoms with Crippen LogP contribution in [0.5, 0.6) is 11.5 Å². The Balaban J connectivity index is 1.86. The zero-order chi connectivity index (χ0) is 21.1. The summed E-state index contributed by atoms with van der Waals surface area (Å²) in [5, 5.41) is 12.2. The number of alkyl carbamates (subject to hydrolysis) is 1. The molecule has 0 saturated carbocycles. The van der Waals surface area contributed by atoms with Crippen molar-refractivity contribution >= 4 is 6.09 Å². The molecule has 2 aliphatic rings. The zero-order valence-electron chi connectivity index (χ0n) is 17.5. The number of methoxy groups -OCH3 is 2. The molecule has 1 saturated heterocycles. The molecule has 0 bridgehead atoms. The first kappa shape index (κ1) is 20.5. The number of hydrogen-bond donors (Lipinski definition) is 2. The zero-order valence-corrected chi connectivity index (χ0v) is 17.5. The van der Waals surface area contributed by atoms with E-state index in [9.17, 15) is 9.90 Å². The Bertz CT molecular complexity index is 912. The first-order chi connectivity index (χ1) is 14.7. The van der Waals surface area contributed by atoms with Gasteiger partial charge in [-0.3, -0.25) is 0 Å². The maximum Gasteiger partial charge on any atom is 0.407 e. The highest BCUT2D eigenvalue weighted by Gasteiger charge is 2.42. The molecular weight excluding hydrogens is 382 g/mol. The average molecular weight is 411 g/mol. The standard InChI is InChI=1S/C24H29NO5/c1-28-19-12-10-16(7-5-13-26)21(23(19)29-2)18-11-9-15-6-3-4-8-17(15)22(18)20-14-25-24(27)30-20/h3-4,6,8,10,12,18,20,22,26H,5,7,9,11,13-14H2,1-2H3,(H,25,27). The van der Waals surface area contributed by atoms with E-state index in [4.69, 9.17) is 14.2 Å². The molecule has 1 aliphatic carbocycles. The minimum Gasteiger partial charge on any atom is -0.493 e. The summed E-state index contributed by atoms with van der Waals surface area (Å²) >= 11 is 0. The van der Waals surface area contributed by atoms with Gasteiger partial charge in [0.1, 0.15) is 6.10 Å². The van der Waals surface area contributed by atoms with Crippen molar-refractivity contribution < 1.29 is 24.1 Å². The molecule has 0 spiro atoms. The van der Waals surface area contributed by atoms with Crippen molar-refractivity contribution in [3.8, 4) is 11.5 Å². The second-order valence-corrected chi connectivity index (χ2v) is 7.90. The SMILES string of the molecule is COc1ccc(CCCO)c(C2CCc3ccccc3C2C2CNC(=O)O2)c1OC. The fraction of sp³-hybridized carbons (Fsp3) is 0.458. The van der Waals surface area contributed by atoms with Gasteiger partial charge in [0.15, 0.2) is 11.5 Å². The van der Waals surface area contributed by atoms with E-state index in [-0.39, 0.29) is 30.6 Å². The third-order valence-corrected chi connectivity index (χ3v) is 6.33. The molecule has 2 aromatic carbocycles. The summed E-state index contributed by atoms with van der Waals surface area (Å²) in [4.78, 5) is 11.9. The van der Waals surface area contributed by atoms with Crippen molar-refractivity contribution in [3.63, 3.8) is 0 Å². The first-order valence-corrected chi connectivity index (χ1v) is 10.5. The number of ether oxygens (including phenoxy) is 3. The molecule has 1 heterocycles. The van der Waals surface area contributed by atoms with Gasteiger partial charge in [-0.2, -0.15) is 0 Å². The predicted octanol–water partition coefficient (Wildman–Crippen LogP) is 3.55. The molecule has 1 aliphatic heterocycles. The van der Waals surface area contributed by atoms with Crippen LogP contribution in [0.15, 0.2) is 36.4 Å². The fourth-order valence-corrected chi connectivity index (χ4v) is 5.07. The summed E-state index contributed by atoms with van der Waals surface area (Å²) in [6.45, 7) is 0.626. The van der Waals surface area contributed by atoms with Crippen LogP contribution >= 0.6 is 0 Å². The maximum atomic E-state index is 11.9. The number of rotatable bonds is 7. The van der Waals surface area contributed by atoms with Gasteiger partial charge in [0.2, 0.25) is 0 Å². The molecule has 3 unspecified atom stereocenters. The summed E-state index contributed by atoms with van der Waals surface area (Å²) < 4.78 is 17.2. The molecule has 0 aromatic heterocycles. The Morgan fingerprint density at radius 3 is 2.70 bits per heavy atom. The largest absolute Gasteiger partial charge is 0.493 e. The topological polar surface area (TPSA) is 77.0 Å². The number of hydrogen-bond acceptors (Lipinski definition) is 5. The summed E-state index contributed by atoms with van der Waals surface area (Å²) in [6, 6.07) is 12.4. The molecule has 6 heteroatoms. The van der Waals surface area contributed by atoms with Crippen LogP contribution in [0, 0.1) is 0 Å². The van der Waals surface area contributed by atoms with Gasteiger partial charge in [-0.25, -0.2) is 4.79 Å². The van der Waals surface area contributed by atoms with Crippen molar-refractivity contribution in [1.82, 2.24) is 5.32 Å². The average Bonchev–Trinajstić information content (AvgIpc) is 3.21. The highest BCUT2D eigenvalue weighted by atomic mass is 16.6. The van der Waals surface area contributed by atoms with E-state index in [1.54, 1.807) is 14.2 Å². The quantitative estimate of drug-likeness (QED) is 0.729. The normalized spacial score (nSPS) is 22.8. The highest BCUT2D eigenvalue weighted by molar-refractivity contribution is 5.70. The van der Waals surface area contributed by atoms with E-state index in [1.807, 2.05) is 12.1 Å². The van der Waals surface area contributed by atoms with E-state index >= 15 is 0 Å². The van der Waals surface area contributed by atoms with Gasteiger partial charge < -0.3 is 24.6 Å². The molecule has 160 valence electrons. The van der Waals surface area contributed by atoms with Gasteiger partial charge in [-0.05, 0) is 54.4 Å². The second kappa shape index (κ2) is 8.96. The fourth-order valence-electron chi connectivity index (χ4n) is 5.07. The second-order valence-electron chi connectivity index (χ2n) is 7.90. The van der Waals surface area contributed by atoms with Gasteiger partial charge in [0, 0.05) is 18.1 Å². The van der Waals surface area contributed by atoms with E-state index < -0.39 is 0 Å². The Morgan fingerprint density at radius 2 is 2.00 bits per heavy atom. The number of aryl methyl sites for hydroxylation is 2. The Hall–Kier alpha value is -2.73. The lowest BCUT2D eigenvalue weighted by Crippen LogP contribution is -2.32. The summed E-state index contributed by atoms with van der Waals surface area (Å²) in [6.07, 6.45) is 2.69. The van der Waals surface area contributed by atoms with Crippen molar-refractivity contribution in [1.29, 1.82) is 0 Å². The first-order valence-electron chi connectivity index (χ1n) is 10.5. The Labute approximate surface area is 177 Å². The molecule has 30 heavy (non-hydrogen) atoms. The summed E-state index contributed by atoms with van der Waals surface area (Å²) in [7, 11) is 3.31. The van der Waals surface area contributed by atoms with E-state index in [0.29, 0.717) is 18.7 Å². The third-order valence-electron chi connectivity index (χ3n) is 6.33. The number of fused-ring (bicyclic) bond motifs is 1. The predicted molar refractivity (Wildman–Crippen MR) is 113 cm³/mol. The number of cyclic esters (lactones) is 1. The van der Waals surface area contributed by atoms with Crippen LogP contribution in [0.1, 0.15) is 46.9 Å². The molecule has 6 nitrogen and oxygen atoms in total. The molecule has 4 rings (SSSR count). The van der Waals surface area contributed by atoms with Crippen LogP contribution in [0.25, 0.3) is 0 Å². The molecule has 3 atom stereocenters. The Kier molecular flexibility index (Phi) is 6.13. The van der Waals surface area contributed by atoms with Crippen LogP contribution in [-0.4, -0.2) is 44.7 Å². The number of nitrogens with one attached hydrogen (secondary N) is 1. The van der Waals surface area contributed by atoms with E-state index in [1.165, 1.54) is 11.1 Å². The number of aliphatic hydroxyl groups excluding tert-OH is 1. The number of amides is 1. The van der Waals surface area contributed by atoms with Gasteiger partial charge in [0.05, 0.1) is 20.8 Å². The molecule has 2 N–H and O–H groups in total. The van der Waals surface area contributed by atoms with Crippen LogP contribution in [0.2, 0.25) is 0 Å². The number of benzene rings is 2. The highest BCUT2D eigenvalue weighted by Crippen LogP contribution is 2.51. The van der Waals surface area contributed by atoms with Gasteiger partial charge >= 0.3 is 6.09 Å². The van der Waals surface area contributed by atoms with Crippen LogP contribution in [-0.2, 0) is 17.6 Å². The van der Waals surface area contributed by atoms with Crippen LogP contribution in [0.3, 0.4) is 0 Å². The van der Waals surface area contributed by atoms with Gasteiger partial charge in [-0.1, -0.05) is 30.3 Å². The molecule has 2 aromatic rings. The maximum absolute atomic E-state index is 11.9. The molecule has 1 fully saturated rings. The monoisotopic (exact) mass is 411 g/mol. The minimum atomic E-state index is -0.361. The summed E-state index contributed by atoms with van der Waals surface area (Å²) in [5.74, 6) is 1.55. The number of carbonyl (C=O) groups excluding carboxylic acids is 1. The smallest absolute Gasteiger partial charge is 0.407 e. The van der Waals surface area contributed by atoms with Gasteiger partial charge in [-0.15, -0.1) is 0 Å². The van der Waals surface area contributed by atoms with Gasteiger partial charge in [0.25, 0.3) is 0 Å². The molecule has 1 amide bonds.